The molecule has 1 aliphatic rings. The Morgan fingerprint density at radius 2 is 1.91 bits per heavy atom. The van der Waals surface area contributed by atoms with E-state index in [-0.39, 0.29) is 53.3 Å². The molecule has 0 aliphatic carbocycles. The number of thioether (sulfide) groups is 1. The minimum atomic E-state index is -0.626. The van der Waals surface area contributed by atoms with Crippen LogP contribution in [0.4, 0.5) is 10.5 Å². The lowest BCUT2D eigenvalue weighted by molar-refractivity contribution is -0.385. The van der Waals surface area contributed by atoms with Crippen LogP contribution in [-0.4, -0.2) is 45.8 Å². The van der Waals surface area contributed by atoms with Gasteiger partial charge in [0.25, 0.3) is 16.8 Å². The number of carbonyl (C=O) groups excluding carboxylic acids is 2. The minimum Gasteiger partial charge on any atom is -0.504 e. The Hall–Kier alpha value is -3.53. The standard InChI is InChI=1S/C24H26N2O7S/c1-5-32-20-13-17(26(30)31)11-16(22(20)27)12-21-23(28)25(24(29)34-21)8-9-33-19-10-15(4)6-7-18(19)14(2)3/h6-7,10-14,27H,5,8-9H2,1-4H3/b21-12-. The third-order valence-corrected chi connectivity index (χ3v) is 6.03. The third kappa shape index (κ3) is 5.51. The van der Waals surface area contributed by atoms with Crippen LogP contribution in [0.5, 0.6) is 17.2 Å². The van der Waals surface area contributed by atoms with Crippen LogP contribution in [0.3, 0.4) is 0 Å². The van der Waals surface area contributed by atoms with Gasteiger partial charge in [-0.15, -0.1) is 0 Å². The highest BCUT2D eigenvalue weighted by Crippen LogP contribution is 2.39. The molecule has 0 radical (unpaired) electrons. The summed E-state index contributed by atoms with van der Waals surface area (Å²) < 4.78 is 11.2. The van der Waals surface area contributed by atoms with Gasteiger partial charge in [0, 0.05) is 11.6 Å². The smallest absolute Gasteiger partial charge is 0.293 e. The van der Waals surface area contributed by atoms with Crippen LogP contribution in [0, 0.1) is 17.0 Å². The normalized spacial score (nSPS) is 14.9. The number of non-ortho nitro benzene ring substituents is 1. The number of benzene rings is 2. The van der Waals surface area contributed by atoms with Gasteiger partial charge in [-0.05, 0) is 54.8 Å². The molecule has 0 saturated carbocycles. The highest BCUT2D eigenvalue weighted by atomic mass is 32.2. The Morgan fingerprint density at radius 1 is 1.18 bits per heavy atom. The molecule has 0 spiro atoms. The molecular weight excluding hydrogens is 460 g/mol. The van der Waals surface area contributed by atoms with Gasteiger partial charge in [-0.3, -0.25) is 24.6 Å². The first-order valence-electron chi connectivity index (χ1n) is 10.7. The summed E-state index contributed by atoms with van der Waals surface area (Å²) in [4.78, 5) is 37.0. The van der Waals surface area contributed by atoms with Crippen molar-refractivity contribution in [2.45, 2.75) is 33.6 Å². The van der Waals surface area contributed by atoms with Gasteiger partial charge in [-0.25, -0.2) is 0 Å². The van der Waals surface area contributed by atoms with Crippen molar-refractivity contribution in [3.63, 3.8) is 0 Å². The zero-order chi connectivity index (χ0) is 25.0. The summed E-state index contributed by atoms with van der Waals surface area (Å²) in [7, 11) is 0. The fourth-order valence-electron chi connectivity index (χ4n) is 3.42. The second-order valence-electron chi connectivity index (χ2n) is 7.95. The first-order chi connectivity index (χ1) is 16.1. The number of amides is 2. The van der Waals surface area contributed by atoms with Gasteiger partial charge in [0.15, 0.2) is 11.5 Å². The molecule has 2 amide bonds. The molecule has 0 unspecified atom stereocenters. The number of aromatic hydroxyl groups is 1. The van der Waals surface area contributed by atoms with Gasteiger partial charge in [0.1, 0.15) is 12.4 Å². The van der Waals surface area contributed by atoms with E-state index in [0.29, 0.717) is 17.5 Å². The molecule has 2 aromatic carbocycles. The summed E-state index contributed by atoms with van der Waals surface area (Å²) in [6.45, 7) is 8.08. The lowest BCUT2D eigenvalue weighted by Gasteiger charge is -2.17. The molecule has 180 valence electrons. The number of aryl methyl sites for hydroxylation is 1. The maximum absolute atomic E-state index is 12.8. The number of phenolic OH excluding ortho intramolecular Hbond substituents is 1. The van der Waals surface area contributed by atoms with Crippen molar-refractivity contribution in [1.82, 2.24) is 4.90 Å². The van der Waals surface area contributed by atoms with Crippen LogP contribution in [0.15, 0.2) is 35.2 Å². The van der Waals surface area contributed by atoms with Gasteiger partial charge in [-0.1, -0.05) is 26.0 Å². The second-order valence-corrected chi connectivity index (χ2v) is 8.94. The van der Waals surface area contributed by atoms with Gasteiger partial charge >= 0.3 is 0 Å². The average molecular weight is 487 g/mol. The summed E-state index contributed by atoms with van der Waals surface area (Å²) in [6, 6.07) is 8.16. The van der Waals surface area contributed by atoms with Crippen LogP contribution in [0.2, 0.25) is 0 Å². The lowest BCUT2D eigenvalue weighted by Crippen LogP contribution is -2.32. The van der Waals surface area contributed by atoms with Crippen molar-refractivity contribution in [3.05, 3.63) is 62.0 Å². The maximum atomic E-state index is 12.8. The monoisotopic (exact) mass is 486 g/mol. The summed E-state index contributed by atoms with van der Waals surface area (Å²) in [5, 5.41) is 21.2. The quantitative estimate of drug-likeness (QED) is 0.290. The molecule has 9 nitrogen and oxygen atoms in total. The van der Waals surface area contributed by atoms with Crippen molar-refractivity contribution in [1.29, 1.82) is 0 Å². The van der Waals surface area contributed by atoms with E-state index in [9.17, 15) is 24.8 Å². The number of nitro benzene ring substituents is 1. The maximum Gasteiger partial charge on any atom is 0.293 e. The summed E-state index contributed by atoms with van der Waals surface area (Å²) in [5.41, 5.74) is 1.78. The molecular formula is C24H26N2O7S. The number of rotatable bonds is 9. The van der Waals surface area contributed by atoms with Crippen molar-refractivity contribution in [2.75, 3.05) is 19.8 Å². The van der Waals surface area contributed by atoms with Crippen molar-refractivity contribution >= 4 is 34.7 Å². The van der Waals surface area contributed by atoms with E-state index in [1.165, 1.54) is 6.08 Å². The molecule has 3 rings (SSSR count). The Kier molecular flexibility index (Phi) is 7.83. The molecule has 10 heteroatoms. The Labute approximate surface area is 201 Å². The van der Waals surface area contributed by atoms with E-state index in [4.69, 9.17) is 9.47 Å². The van der Waals surface area contributed by atoms with Crippen LogP contribution in [0.1, 0.15) is 43.4 Å². The topological polar surface area (TPSA) is 119 Å². The molecule has 0 bridgehead atoms. The van der Waals surface area contributed by atoms with E-state index in [0.717, 1.165) is 28.2 Å². The van der Waals surface area contributed by atoms with Gasteiger partial charge in [0.2, 0.25) is 0 Å². The van der Waals surface area contributed by atoms with Gasteiger partial charge in [0.05, 0.1) is 29.0 Å². The summed E-state index contributed by atoms with van der Waals surface area (Å²) in [6.07, 6.45) is 1.26. The highest BCUT2D eigenvalue weighted by molar-refractivity contribution is 8.18. The lowest BCUT2D eigenvalue weighted by atomic mass is 10.0. The molecule has 2 aromatic rings. The molecule has 1 fully saturated rings. The van der Waals surface area contributed by atoms with Crippen LogP contribution < -0.4 is 9.47 Å². The molecule has 1 heterocycles. The van der Waals surface area contributed by atoms with Gasteiger partial charge in [-0.2, -0.15) is 0 Å². The first kappa shape index (κ1) is 25.1. The van der Waals surface area contributed by atoms with Crippen LogP contribution >= 0.6 is 11.8 Å². The Bertz CT molecular complexity index is 1160. The summed E-state index contributed by atoms with van der Waals surface area (Å²) in [5.74, 6) is -0.0175. The van der Waals surface area contributed by atoms with E-state index in [2.05, 4.69) is 13.8 Å². The Balaban J connectivity index is 1.78. The molecule has 1 aliphatic heterocycles. The van der Waals surface area contributed by atoms with Gasteiger partial charge < -0.3 is 14.6 Å². The van der Waals surface area contributed by atoms with E-state index >= 15 is 0 Å². The number of hydrogen-bond acceptors (Lipinski definition) is 8. The number of imide groups is 1. The van der Waals surface area contributed by atoms with E-state index in [1.807, 2.05) is 25.1 Å². The van der Waals surface area contributed by atoms with Crippen LogP contribution in [0.25, 0.3) is 6.08 Å². The zero-order valence-corrected chi connectivity index (χ0v) is 20.2. The number of carbonyl (C=O) groups is 2. The fourth-order valence-corrected chi connectivity index (χ4v) is 4.28. The fraction of sp³-hybridized carbons (Fsp3) is 0.333. The SMILES string of the molecule is CCOc1cc([N+](=O)[O-])cc(/C=C2\SC(=O)N(CCOc3cc(C)ccc3C(C)C)C2=O)c1O. The molecule has 1 saturated heterocycles. The predicted molar refractivity (Wildman–Crippen MR) is 129 cm³/mol. The Morgan fingerprint density at radius 3 is 2.56 bits per heavy atom. The molecule has 1 N–H and O–H groups in total. The first-order valence-corrected chi connectivity index (χ1v) is 11.6. The zero-order valence-electron chi connectivity index (χ0n) is 19.4. The third-order valence-electron chi connectivity index (χ3n) is 5.12. The predicted octanol–water partition coefficient (Wildman–Crippen LogP) is 5.25. The van der Waals surface area contributed by atoms with Crippen molar-refractivity contribution in [3.8, 4) is 17.2 Å². The number of phenols is 1. The second kappa shape index (κ2) is 10.6. The van der Waals surface area contributed by atoms with Crippen LogP contribution in [-0.2, 0) is 4.79 Å². The largest absolute Gasteiger partial charge is 0.504 e. The van der Waals surface area contributed by atoms with Crippen molar-refractivity contribution < 1.29 is 29.1 Å². The van der Waals surface area contributed by atoms with E-state index in [1.54, 1.807) is 6.92 Å². The van der Waals surface area contributed by atoms with E-state index < -0.39 is 16.1 Å². The molecule has 0 atom stereocenters. The molecule has 0 aromatic heterocycles. The average Bonchev–Trinajstić information content (AvgIpc) is 3.03. The highest BCUT2D eigenvalue weighted by Gasteiger charge is 2.35. The minimum absolute atomic E-state index is 0.0146. The number of hydrogen-bond donors (Lipinski definition) is 1. The summed E-state index contributed by atoms with van der Waals surface area (Å²) >= 11 is 0.697. The molecule has 34 heavy (non-hydrogen) atoms. The number of nitro groups is 1. The number of ether oxygens (including phenoxy) is 2. The number of nitrogens with zero attached hydrogens (tertiary/aromatic N) is 2. The van der Waals surface area contributed by atoms with Crippen molar-refractivity contribution in [2.24, 2.45) is 0 Å².